The molecular weight excluding hydrogens is 482 g/mol. The van der Waals surface area contributed by atoms with E-state index in [4.69, 9.17) is 4.74 Å². The Balaban J connectivity index is 2.39. The molecule has 1 aliphatic rings. The molecule has 202 valence electrons. The fourth-order valence-electron chi connectivity index (χ4n) is 4.31. The summed E-state index contributed by atoms with van der Waals surface area (Å²) in [6.07, 6.45) is 6.39. The van der Waals surface area contributed by atoms with E-state index in [-0.39, 0.29) is 30.9 Å². The fraction of sp³-hybridized carbons (Fsp3) is 0.654. The molecule has 3 amide bonds. The number of phenols is 1. The average Bonchev–Trinajstić information content (AvgIpc) is 2.80. The van der Waals surface area contributed by atoms with Gasteiger partial charge in [0.15, 0.2) is 0 Å². The minimum atomic E-state index is -1.09. The zero-order valence-corrected chi connectivity index (χ0v) is 22.6. The molecule has 9 nitrogen and oxygen atoms in total. The quantitative estimate of drug-likeness (QED) is 0.350. The number of benzene rings is 1. The van der Waals surface area contributed by atoms with Crippen molar-refractivity contribution >= 4 is 29.7 Å². The Morgan fingerprint density at radius 2 is 1.89 bits per heavy atom. The molecule has 0 spiro atoms. The van der Waals surface area contributed by atoms with Crippen LogP contribution in [0, 0.1) is 0 Å². The van der Waals surface area contributed by atoms with Crippen molar-refractivity contribution in [1.29, 1.82) is 0 Å². The first kappa shape index (κ1) is 29.8. The number of alkyl carbamates (subject to hydrolysis) is 1. The fourth-order valence-corrected chi connectivity index (χ4v) is 4.78. The van der Waals surface area contributed by atoms with Gasteiger partial charge in [-0.2, -0.15) is 11.8 Å². The van der Waals surface area contributed by atoms with Crippen LogP contribution in [0.1, 0.15) is 70.9 Å². The summed E-state index contributed by atoms with van der Waals surface area (Å²) in [5.41, 5.74) is -0.322. The molecule has 0 radical (unpaired) electrons. The zero-order chi connectivity index (χ0) is 26.7. The minimum Gasteiger partial charge on any atom is -0.508 e. The summed E-state index contributed by atoms with van der Waals surface area (Å²) in [6, 6.07) is 4.17. The molecule has 0 bridgehead atoms. The van der Waals surface area contributed by atoms with Crippen LogP contribution in [0.5, 0.6) is 5.75 Å². The third-order valence-electron chi connectivity index (χ3n) is 5.92. The maximum atomic E-state index is 13.8. The van der Waals surface area contributed by atoms with Crippen molar-refractivity contribution in [3.05, 3.63) is 29.8 Å². The highest BCUT2D eigenvalue weighted by Gasteiger charge is 2.36. The zero-order valence-electron chi connectivity index (χ0n) is 21.8. The molecule has 36 heavy (non-hydrogen) atoms. The number of thioether (sulfide) groups is 1. The molecule has 0 aliphatic heterocycles. The highest BCUT2D eigenvalue weighted by molar-refractivity contribution is 7.98. The van der Waals surface area contributed by atoms with Crippen LogP contribution in [0.15, 0.2) is 24.3 Å². The molecule has 0 saturated heterocycles. The van der Waals surface area contributed by atoms with Gasteiger partial charge in [-0.3, -0.25) is 9.59 Å². The lowest BCUT2D eigenvalue weighted by atomic mass is 9.94. The SMILES string of the molecule is CSCCC(NC(=O)OC(C)(C)C)C(=O)N(CCO)C(C(=O)NC1CCCCC1)c1cccc(O)c1. The van der Waals surface area contributed by atoms with Crippen molar-refractivity contribution in [1.82, 2.24) is 15.5 Å². The number of rotatable bonds is 11. The van der Waals surface area contributed by atoms with E-state index in [2.05, 4.69) is 10.6 Å². The lowest BCUT2D eigenvalue weighted by molar-refractivity contribution is -0.143. The van der Waals surface area contributed by atoms with Gasteiger partial charge in [-0.15, -0.1) is 0 Å². The predicted molar refractivity (Wildman–Crippen MR) is 141 cm³/mol. The van der Waals surface area contributed by atoms with Crippen LogP contribution < -0.4 is 10.6 Å². The van der Waals surface area contributed by atoms with E-state index in [9.17, 15) is 24.6 Å². The van der Waals surface area contributed by atoms with E-state index >= 15 is 0 Å². The number of hydrogen-bond acceptors (Lipinski definition) is 7. The van der Waals surface area contributed by atoms with Crippen molar-refractivity contribution in [2.75, 3.05) is 25.2 Å². The van der Waals surface area contributed by atoms with Gasteiger partial charge in [0, 0.05) is 12.6 Å². The Bertz CT molecular complexity index is 869. The Labute approximate surface area is 218 Å². The van der Waals surface area contributed by atoms with Gasteiger partial charge in [0.1, 0.15) is 23.4 Å². The largest absolute Gasteiger partial charge is 0.508 e. The molecule has 1 aliphatic carbocycles. The second-order valence-corrected chi connectivity index (χ2v) is 11.1. The Morgan fingerprint density at radius 3 is 2.47 bits per heavy atom. The van der Waals surface area contributed by atoms with Crippen LogP contribution in [0.2, 0.25) is 0 Å². The normalized spacial score (nSPS) is 16.0. The van der Waals surface area contributed by atoms with Crippen molar-refractivity contribution in [3.8, 4) is 5.75 Å². The molecule has 0 heterocycles. The molecule has 1 fully saturated rings. The van der Waals surface area contributed by atoms with E-state index < -0.39 is 29.7 Å². The third kappa shape index (κ3) is 9.54. The number of nitrogens with zero attached hydrogens (tertiary/aromatic N) is 1. The number of aliphatic hydroxyl groups excluding tert-OH is 1. The molecule has 0 aromatic heterocycles. The van der Waals surface area contributed by atoms with Crippen molar-refractivity contribution < 1.29 is 29.3 Å². The summed E-state index contributed by atoms with van der Waals surface area (Å²) in [7, 11) is 0. The highest BCUT2D eigenvalue weighted by Crippen LogP contribution is 2.27. The number of carbonyl (C=O) groups excluding carboxylic acids is 3. The number of phenolic OH excluding ortho intramolecular Hbond substituents is 1. The number of ether oxygens (including phenoxy) is 1. The number of amides is 3. The smallest absolute Gasteiger partial charge is 0.408 e. The summed E-state index contributed by atoms with van der Waals surface area (Å²) < 4.78 is 5.36. The molecule has 2 rings (SSSR count). The van der Waals surface area contributed by atoms with Gasteiger partial charge >= 0.3 is 6.09 Å². The summed E-state index contributed by atoms with van der Waals surface area (Å²) in [5, 5.41) is 25.7. The van der Waals surface area contributed by atoms with Gasteiger partial charge in [0.2, 0.25) is 11.8 Å². The van der Waals surface area contributed by atoms with Gasteiger partial charge in [-0.25, -0.2) is 4.79 Å². The number of hydrogen-bond donors (Lipinski definition) is 4. The number of aromatic hydroxyl groups is 1. The van der Waals surface area contributed by atoms with Crippen LogP contribution in [0.3, 0.4) is 0 Å². The Morgan fingerprint density at radius 1 is 1.19 bits per heavy atom. The van der Waals surface area contributed by atoms with Gasteiger partial charge in [0.05, 0.1) is 6.61 Å². The van der Waals surface area contributed by atoms with Gasteiger partial charge < -0.3 is 30.5 Å². The molecule has 10 heteroatoms. The van der Waals surface area contributed by atoms with Gasteiger partial charge in [0.25, 0.3) is 0 Å². The van der Waals surface area contributed by atoms with Crippen LogP contribution in [-0.2, 0) is 14.3 Å². The average molecular weight is 524 g/mol. The first-order valence-corrected chi connectivity index (χ1v) is 13.9. The number of aliphatic hydroxyl groups is 1. The number of nitrogens with one attached hydrogen (secondary N) is 2. The van der Waals surface area contributed by atoms with E-state index in [0.717, 1.165) is 32.1 Å². The van der Waals surface area contributed by atoms with Gasteiger partial charge in [-0.05, 0) is 69.7 Å². The second kappa shape index (κ2) is 14.3. The summed E-state index contributed by atoms with van der Waals surface area (Å²) in [5.74, 6) is -0.332. The van der Waals surface area contributed by atoms with E-state index in [0.29, 0.717) is 17.7 Å². The first-order valence-electron chi connectivity index (χ1n) is 12.5. The lowest BCUT2D eigenvalue weighted by Crippen LogP contribution is -2.54. The number of carbonyl (C=O) groups is 3. The Hall–Kier alpha value is -2.46. The summed E-state index contributed by atoms with van der Waals surface area (Å²) in [6.45, 7) is 4.70. The van der Waals surface area contributed by atoms with Gasteiger partial charge in [-0.1, -0.05) is 31.4 Å². The summed E-state index contributed by atoms with van der Waals surface area (Å²) >= 11 is 1.52. The maximum absolute atomic E-state index is 13.8. The molecule has 1 aromatic rings. The first-order chi connectivity index (χ1) is 17.1. The van der Waals surface area contributed by atoms with Crippen molar-refractivity contribution in [2.45, 2.75) is 83.0 Å². The van der Waals surface area contributed by atoms with E-state index in [1.54, 1.807) is 32.9 Å². The van der Waals surface area contributed by atoms with E-state index in [1.807, 2.05) is 6.26 Å². The molecule has 1 aromatic carbocycles. The van der Waals surface area contributed by atoms with E-state index in [1.165, 1.54) is 28.8 Å². The topological polar surface area (TPSA) is 128 Å². The molecular formula is C26H41N3O6S. The highest BCUT2D eigenvalue weighted by atomic mass is 32.2. The molecule has 2 atom stereocenters. The predicted octanol–water partition coefficient (Wildman–Crippen LogP) is 3.35. The van der Waals surface area contributed by atoms with Crippen molar-refractivity contribution in [2.24, 2.45) is 0 Å². The third-order valence-corrected chi connectivity index (χ3v) is 6.57. The Kier molecular flexibility index (Phi) is 11.8. The van der Waals surface area contributed by atoms with Crippen LogP contribution in [-0.4, -0.2) is 75.9 Å². The molecule has 2 unspecified atom stereocenters. The second-order valence-electron chi connectivity index (χ2n) is 10.1. The van der Waals surface area contributed by atoms with Crippen molar-refractivity contribution in [3.63, 3.8) is 0 Å². The molecule has 4 N–H and O–H groups in total. The van der Waals surface area contributed by atoms with Crippen LogP contribution in [0.25, 0.3) is 0 Å². The van der Waals surface area contributed by atoms with Crippen LogP contribution >= 0.6 is 11.8 Å². The monoisotopic (exact) mass is 523 g/mol. The minimum absolute atomic E-state index is 0.00399. The standard InChI is InChI=1S/C26H41N3O6S/c1-26(2,3)35-25(34)28-21(13-16-36-4)24(33)29(14-15-30)22(18-9-8-12-20(31)17-18)23(32)27-19-10-6-5-7-11-19/h8-9,12,17,19,21-22,30-31H,5-7,10-11,13-16H2,1-4H3,(H,27,32)(H,28,34). The maximum Gasteiger partial charge on any atom is 0.408 e. The lowest BCUT2D eigenvalue weighted by Gasteiger charge is -2.35. The molecule has 1 saturated carbocycles. The summed E-state index contributed by atoms with van der Waals surface area (Å²) in [4.78, 5) is 41.2. The van der Waals surface area contributed by atoms with Crippen LogP contribution in [0.4, 0.5) is 4.79 Å².